The van der Waals surface area contributed by atoms with E-state index in [9.17, 15) is 9.59 Å². The van der Waals surface area contributed by atoms with Crippen LogP contribution in [0.2, 0.25) is 0 Å². The molecule has 0 aliphatic heterocycles. The predicted molar refractivity (Wildman–Crippen MR) is 63.4 cm³/mol. The SMILES string of the molecule is O=C(O)c1ccc(NC(=O)c2ccncc2)nc1. The third kappa shape index (κ3) is 2.67. The zero-order valence-electron chi connectivity index (χ0n) is 9.20. The van der Waals surface area contributed by atoms with Gasteiger partial charge >= 0.3 is 5.97 Å². The summed E-state index contributed by atoms with van der Waals surface area (Å²) in [6.07, 6.45) is 4.20. The average Bonchev–Trinajstić information content (AvgIpc) is 2.40. The van der Waals surface area contributed by atoms with Crippen LogP contribution in [0.1, 0.15) is 20.7 Å². The molecule has 0 aliphatic rings. The normalized spacial score (nSPS) is 9.78. The molecule has 0 aromatic carbocycles. The van der Waals surface area contributed by atoms with Gasteiger partial charge in [-0.3, -0.25) is 9.78 Å². The molecule has 1 amide bonds. The van der Waals surface area contributed by atoms with Crippen molar-refractivity contribution in [2.45, 2.75) is 0 Å². The highest BCUT2D eigenvalue weighted by Crippen LogP contribution is 2.07. The van der Waals surface area contributed by atoms with E-state index in [0.717, 1.165) is 0 Å². The number of carbonyl (C=O) groups excluding carboxylic acids is 1. The van der Waals surface area contributed by atoms with Gasteiger partial charge < -0.3 is 10.4 Å². The maximum absolute atomic E-state index is 11.7. The molecule has 0 saturated carbocycles. The van der Waals surface area contributed by atoms with Gasteiger partial charge in [0.25, 0.3) is 5.91 Å². The number of amides is 1. The highest BCUT2D eigenvalue weighted by Gasteiger charge is 2.07. The Kier molecular flexibility index (Phi) is 3.29. The lowest BCUT2D eigenvalue weighted by Gasteiger charge is -2.04. The first-order valence-electron chi connectivity index (χ1n) is 5.07. The zero-order chi connectivity index (χ0) is 13.0. The molecule has 2 rings (SSSR count). The highest BCUT2D eigenvalue weighted by molar-refractivity contribution is 6.03. The van der Waals surface area contributed by atoms with E-state index in [2.05, 4.69) is 15.3 Å². The number of aromatic carboxylic acids is 1. The van der Waals surface area contributed by atoms with E-state index in [-0.39, 0.29) is 11.5 Å². The van der Waals surface area contributed by atoms with Crippen molar-refractivity contribution in [3.8, 4) is 0 Å². The summed E-state index contributed by atoms with van der Waals surface area (Å²) in [5.41, 5.74) is 0.519. The Labute approximate surface area is 102 Å². The number of carbonyl (C=O) groups is 2. The Morgan fingerprint density at radius 2 is 1.78 bits per heavy atom. The second kappa shape index (κ2) is 5.05. The molecule has 0 aliphatic carbocycles. The van der Waals surface area contributed by atoms with Crippen molar-refractivity contribution in [3.05, 3.63) is 54.0 Å². The highest BCUT2D eigenvalue weighted by atomic mass is 16.4. The number of hydrogen-bond acceptors (Lipinski definition) is 4. The van der Waals surface area contributed by atoms with E-state index in [4.69, 9.17) is 5.11 Å². The zero-order valence-corrected chi connectivity index (χ0v) is 9.20. The maximum atomic E-state index is 11.7. The van der Waals surface area contributed by atoms with Gasteiger partial charge in [-0.05, 0) is 24.3 Å². The molecule has 2 N–H and O–H groups in total. The summed E-state index contributed by atoms with van der Waals surface area (Å²) < 4.78 is 0. The minimum Gasteiger partial charge on any atom is -0.478 e. The number of carboxylic acids is 1. The van der Waals surface area contributed by atoms with E-state index in [0.29, 0.717) is 11.4 Å². The third-order valence-corrected chi connectivity index (χ3v) is 2.19. The number of anilines is 1. The van der Waals surface area contributed by atoms with E-state index in [1.54, 1.807) is 12.1 Å². The monoisotopic (exact) mass is 243 g/mol. The molecule has 0 fully saturated rings. The molecule has 2 heterocycles. The van der Waals surface area contributed by atoms with Gasteiger partial charge in [0.05, 0.1) is 5.56 Å². The molecular formula is C12H9N3O3. The maximum Gasteiger partial charge on any atom is 0.337 e. The van der Waals surface area contributed by atoms with Crippen LogP contribution in [-0.2, 0) is 0 Å². The molecule has 0 bridgehead atoms. The topological polar surface area (TPSA) is 92.2 Å². The second-order valence-electron chi connectivity index (χ2n) is 3.43. The second-order valence-corrected chi connectivity index (χ2v) is 3.43. The lowest BCUT2D eigenvalue weighted by Crippen LogP contribution is -2.13. The summed E-state index contributed by atoms with van der Waals surface area (Å²) in [6, 6.07) is 5.95. The number of aromatic nitrogens is 2. The van der Waals surface area contributed by atoms with Crippen molar-refractivity contribution in [2.24, 2.45) is 0 Å². The van der Waals surface area contributed by atoms with Crippen LogP contribution in [0.25, 0.3) is 0 Å². The van der Waals surface area contributed by atoms with Crippen LogP contribution in [0.3, 0.4) is 0 Å². The number of nitrogens with one attached hydrogen (secondary N) is 1. The summed E-state index contributed by atoms with van der Waals surface area (Å²) in [4.78, 5) is 30.0. The molecule has 2 aromatic heterocycles. The molecule has 0 radical (unpaired) electrons. The summed E-state index contributed by atoms with van der Waals surface area (Å²) >= 11 is 0. The van der Waals surface area contributed by atoms with Gasteiger partial charge in [0.15, 0.2) is 0 Å². The molecule has 6 heteroatoms. The average molecular weight is 243 g/mol. The molecule has 0 atom stereocenters. The number of pyridine rings is 2. The fourth-order valence-electron chi connectivity index (χ4n) is 1.29. The predicted octanol–water partition coefficient (Wildman–Crippen LogP) is 1.43. The Hall–Kier alpha value is -2.76. The molecule has 6 nitrogen and oxygen atoms in total. The van der Waals surface area contributed by atoms with Gasteiger partial charge in [0, 0.05) is 24.2 Å². The fraction of sp³-hybridized carbons (Fsp3) is 0. The molecule has 18 heavy (non-hydrogen) atoms. The van der Waals surface area contributed by atoms with Crippen molar-refractivity contribution >= 4 is 17.7 Å². The minimum atomic E-state index is -1.06. The molecular weight excluding hydrogens is 234 g/mol. The molecule has 2 aromatic rings. The van der Waals surface area contributed by atoms with Crippen LogP contribution >= 0.6 is 0 Å². The smallest absolute Gasteiger partial charge is 0.337 e. The van der Waals surface area contributed by atoms with Crippen LogP contribution in [0.5, 0.6) is 0 Å². The minimum absolute atomic E-state index is 0.0666. The van der Waals surface area contributed by atoms with E-state index < -0.39 is 5.97 Å². The number of rotatable bonds is 3. The third-order valence-electron chi connectivity index (χ3n) is 2.19. The first-order valence-corrected chi connectivity index (χ1v) is 5.07. The van der Waals surface area contributed by atoms with E-state index in [1.807, 2.05) is 0 Å². The van der Waals surface area contributed by atoms with Gasteiger partial charge in [0.2, 0.25) is 0 Å². The van der Waals surface area contributed by atoms with Gasteiger partial charge in [-0.15, -0.1) is 0 Å². The van der Waals surface area contributed by atoms with Gasteiger partial charge in [-0.1, -0.05) is 0 Å². The number of nitrogens with zero attached hydrogens (tertiary/aromatic N) is 2. The fourth-order valence-corrected chi connectivity index (χ4v) is 1.29. The van der Waals surface area contributed by atoms with Crippen molar-refractivity contribution in [1.82, 2.24) is 9.97 Å². The first kappa shape index (κ1) is 11.7. The Bertz CT molecular complexity index is 567. The van der Waals surface area contributed by atoms with Crippen molar-refractivity contribution in [3.63, 3.8) is 0 Å². The van der Waals surface area contributed by atoms with Gasteiger partial charge in [-0.25, -0.2) is 9.78 Å². The van der Waals surface area contributed by atoms with E-state index >= 15 is 0 Å². The Morgan fingerprint density at radius 1 is 1.06 bits per heavy atom. The summed E-state index contributed by atoms with van der Waals surface area (Å²) in [5, 5.41) is 11.3. The van der Waals surface area contributed by atoms with Crippen molar-refractivity contribution in [2.75, 3.05) is 5.32 Å². The molecule has 0 unspecified atom stereocenters. The molecule has 0 spiro atoms. The Morgan fingerprint density at radius 3 is 2.33 bits per heavy atom. The standard InChI is InChI=1S/C12H9N3O3/c16-11(8-3-5-13-6-4-8)15-10-2-1-9(7-14-10)12(17)18/h1-7H,(H,17,18)(H,14,15,16). The quantitative estimate of drug-likeness (QED) is 0.850. The largest absolute Gasteiger partial charge is 0.478 e. The number of carboxylic acid groups (broad SMARTS) is 1. The molecule has 90 valence electrons. The van der Waals surface area contributed by atoms with E-state index in [1.165, 1.54) is 30.7 Å². The summed E-state index contributed by atoms with van der Waals surface area (Å²) in [6.45, 7) is 0. The lowest BCUT2D eigenvalue weighted by atomic mass is 10.2. The van der Waals surface area contributed by atoms with Gasteiger partial charge in [-0.2, -0.15) is 0 Å². The summed E-state index contributed by atoms with van der Waals surface area (Å²) in [5.74, 6) is -1.09. The van der Waals surface area contributed by atoms with Crippen molar-refractivity contribution < 1.29 is 14.7 Å². The van der Waals surface area contributed by atoms with Crippen LogP contribution in [0, 0.1) is 0 Å². The lowest BCUT2D eigenvalue weighted by molar-refractivity contribution is 0.0696. The number of hydrogen-bond donors (Lipinski definition) is 2. The molecule has 0 saturated heterocycles. The van der Waals surface area contributed by atoms with Crippen LogP contribution < -0.4 is 5.32 Å². The van der Waals surface area contributed by atoms with Crippen LogP contribution in [0.4, 0.5) is 5.82 Å². The first-order chi connectivity index (χ1) is 8.66. The van der Waals surface area contributed by atoms with Crippen LogP contribution in [-0.4, -0.2) is 27.0 Å². The van der Waals surface area contributed by atoms with Gasteiger partial charge in [0.1, 0.15) is 5.82 Å². The summed E-state index contributed by atoms with van der Waals surface area (Å²) in [7, 11) is 0. The van der Waals surface area contributed by atoms with Crippen LogP contribution in [0.15, 0.2) is 42.9 Å². The Balaban J connectivity index is 2.10. The van der Waals surface area contributed by atoms with Crippen molar-refractivity contribution in [1.29, 1.82) is 0 Å².